The van der Waals surface area contributed by atoms with E-state index in [0.29, 0.717) is 17.4 Å². The number of hydrogen-bond acceptors (Lipinski definition) is 3. The first-order chi connectivity index (χ1) is 7.72. The van der Waals surface area contributed by atoms with Crippen LogP contribution >= 0.6 is 0 Å². The van der Waals surface area contributed by atoms with E-state index in [0.717, 1.165) is 0 Å². The summed E-state index contributed by atoms with van der Waals surface area (Å²) in [6.07, 6.45) is 0.582. The number of phenols is 2. The largest absolute Gasteiger partial charge is 0.507 e. The maximum atomic E-state index is 10.7. The molecule has 2 aromatic carbocycles. The molecule has 80 valence electrons. The number of rotatable bonds is 2. The molecule has 2 N–H and O–H groups in total. The van der Waals surface area contributed by atoms with Gasteiger partial charge >= 0.3 is 0 Å². The highest BCUT2D eigenvalue weighted by molar-refractivity contribution is 5.83. The van der Waals surface area contributed by atoms with Crippen molar-refractivity contribution < 1.29 is 15.0 Å². The van der Waals surface area contributed by atoms with Crippen molar-refractivity contribution in [2.75, 3.05) is 0 Å². The molecule has 0 aliphatic carbocycles. The van der Waals surface area contributed by atoms with Crippen LogP contribution < -0.4 is 0 Å². The molecule has 0 heterocycles. The fourth-order valence-corrected chi connectivity index (χ4v) is 1.53. The van der Waals surface area contributed by atoms with Crippen LogP contribution in [-0.4, -0.2) is 16.5 Å². The molecular formula is C13H10O3. The molecule has 0 radical (unpaired) electrons. The van der Waals surface area contributed by atoms with Gasteiger partial charge in [-0.3, -0.25) is 4.79 Å². The topological polar surface area (TPSA) is 57.5 Å². The Bertz CT molecular complexity index is 532. The first-order valence-electron chi connectivity index (χ1n) is 4.79. The van der Waals surface area contributed by atoms with Crippen LogP contribution in [0, 0.1) is 0 Å². The van der Waals surface area contributed by atoms with E-state index in [-0.39, 0.29) is 17.1 Å². The van der Waals surface area contributed by atoms with Crippen LogP contribution in [0.5, 0.6) is 11.5 Å². The maximum Gasteiger partial charge on any atom is 0.153 e. The highest BCUT2D eigenvalue weighted by Crippen LogP contribution is 2.30. The van der Waals surface area contributed by atoms with Crippen molar-refractivity contribution in [1.82, 2.24) is 0 Å². The summed E-state index contributed by atoms with van der Waals surface area (Å²) >= 11 is 0. The highest BCUT2D eigenvalue weighted by Gasteiger charge is 2.06. The van der Waals surface area contributed by atoms with Gasteiger partial charge in [-0.05, 0) is 23.8 Å². The Morgan fingerprint density at radius 2 is 1.69 bits per heavy atom. The van der Waals surface area contributed by atoms with E-state index in [1.165, 1.54) is 12.1 Å². The Labute approximate surface area is 92.6 Å². The van der Waals surface area contributed by atoms with Crippen LogP contribution in [-0.2, 0) is 0 Å². The van der Waals surface area contributed by atoms with E-state index < -0.39 is 0 Å². The zero-order valence-electron chi connectivity index (χ0n) is 8.42. The summed E-state index contributed by atoms with van der Waals surface area (Å²) in [4.78, 5) is 10.7. The van der Waals surface area contributed by atoms with Gasteiger partial charge in [-0.15, -0.1) is 0 Å². The minimum Gasteiger partial charge on any atom is -0.507 e. The molecular weight excluding hydrogens is 204 g/mol. The van der Waals surface area contributed by atoms with Gasteiger partial charge in [0.2, 0.25) is 0 Å². The molecule has 0 bridgehead atoms. The second-order valence-corrected chi connectivity index (χ2v) is 3.41. The third kappa shape index (κ3) is 1.75. The van der Waals surface area contributed by atoms with Crippen LogP contribution in [0.3, 0.4) is 0 Å². The molecule has 0 saturated carbocycles. The van der Waals surface area contributed by atoms with E-state index in [9.17, 15) is 15.0 Å². The Morgan fingerprint density at radius 1 is 0.938 bits per heavy atom. The Balaban J connectivity index is 2.57. The van der Waals surface area contributed by atoms with E-state index in [4.69, 9.17) is 0 Å². The SMILES string of the molecule is O=Cc1cc(-c2ccccc2O)ccc1O. The van der Waals surface area contributed by atoms with Crippen molar-refractivity contribution in [1.29, 1.82) is 0 Å². The molecule has 0 saturated heterocycles. The van der Waals surface area contributed by atoms with E-state index in [1.54, 1.807) is 30.3 Å². The first kappa shape index (κ1) is 10.2. The van der Waals surface area contributed by atoms with Crippen LogP contribution in [0.1, 0.15) is 10.4 Å². The number of aldehydes is 1. The average Bonchev–Trinajstić information content (AvgIpc) is 2.31. The fraction of sp³-hybridized carbons (Fsp3) is 0. The lowest BCUT2D eigenvalue weighted by molar-refractivity contribution is 0.112. The minimum absolute atomic E-state index is 0.0610. The molecule has 0 aromatic heterocycles. The molecule has 0 aliphatic heterocycles. The molecule has 0 fully saturated rings. The average molecular weight is 214 g/mol. The quantitative estimate of drug-likeness (QED) is 0.755. The number of hydrogen-bond donors (Lipinski definition) is 2. The number of aromatic hydroxyl groups is 2. The van der Waals surface area contributed by atoms with Crippen molar-refractivity contribution in [3.8, 4) is 22.6 Å². The number of carbonyl (C=O) groups excluding carboxylic acids is 1. The third-order valence-electron chi connectivity index (χ3n) is 2.37. The molecule has 3 heteroatoms. The van der Waals surface area contributed by atoms with Crippen molar-refractivity contribution >= 4 is 6.29 Å². The summed E-state index contributed by atoms with van der Waals surface area (Å²) < 4.78 is 0. The first-order valence-corrected chi connectivity index (χ1v) is 4.79. The molecule has 16 heavy (non-hydrogen) atoms. The second kappa shape index (κ2) is 4.06. The normalized spacial score (nSPS) is 10.0. The summed E-state index contributed by atoms with van der Waals surface area (Å²) in [5, 5.41) is 19.0. The van der Waals surface area contributed by atoms with Gasteiger partial charge in [-0.1, -0.05) is 24.3 Å². The standard InChI is InChI=1S/C13H10O3/c14-8-10-7-9(5-6-12(10)15)11-3-1-2-4-13(11)16/h1-8,15-16H. The second-order valence-electron chi connectivity index (χ2n) is 3.41. The summed E-state index contributed by atoms with van der Waals surface area (Å²) in [5.41, 5.74) is 1.53. The molecule has 0 aliphatic rings. The molecule has 2 aromatic rings. The van der Waals surface area contributed by atoms with Crippen molar-refractivity contribution in [3.05, 3.63) is 48.0 Å². The molecule has 3 nitrogen and oxygen atoms in total. The summed E-state index contributed by atoms with van der Waals surface area (Å²) in [6, 6.07) is 11.5. The number of phenolic OH excluding ortho intramolecular Hbond substituents is 2. The Morgan fingerprint density at radius 3 is 2.38 bits per heavy atom. The van der Waals surface area contributed by atoms with E-state index >= 15 is 0 Å². The summed E-state index contributed by atoms with van der Waals surface area (Å²) in [7, 11) is 0. The molecule has 0 unspecified atom stereocenters. The summed E-state index contributed by atoms with van der Waals surface area (Å²) in [5.74, 6) is 0.0826. The third-order valence-corrected chi connectivity index (χ3v) is 2.37. The van der Waals surface area contributed by atoms with Gasteiger partial charge in [0.1, 0.15) is 11.5 Å². The van der Waals surface area contributed by atoms with Crippen LogP contribution in [0.4, 0.5) is 0 Å². The fourth-order valence-electron chi connectivity index (χ4n) is 1.53. The molecule has 0 spiro atoms. The van der Waals surface area contributed by atoms with E-state index in [1.807, 2.05) is 0 Å². The lowest BCUT2D eigenvalue weighted by Crippen LogP contribution is -1.84. The predicted octanol–water partition coefficient (Wildman–Crippen LogP) is 2.58. The van der Waals surface area contributed by atoms with Crippen molar-refractivity contribution in [2.45, 2.75) is 0 Å². The zero-order valence-corrected chi connectivity index (χ0v) is 8.42. The number of carbonyl (C=O) groups is 1. The molecule has 2 rings (SSSR count). The highest BCUT2D eigenvalue weighted by atomic mass is 16.3. The van der Waals surface area contributed by atoms with Gasteiger partial charge in [0.05, 0.1) is 5.56 Å². The van der Waals surface area contributed by atoms with Gasteiger partial charge in [-0.25, -0.2) is 0 Å². The van der Waals surface area contributed by atoms with Crippen LogP contribution in [0.2, 0.25) is 0 Å². The van der Waals surface area contributed by atoms with Crippen LogP contribution in [0.25, 0.3) is 11.1 Å². The number of para-hydroxylation sites is 1. The van der Waals surface area contributed by atoms with E-state index in [2.05, 4.69) is 0 Å². The molecule has 0 atom stereocenters. The Hall–Kier alpha value is -2.29. The smallest absolute Gasteiger partial charge is 0.153 e. The maximum absolute atomic E-state index is 10.7. The van der Waals surface area contributed by atoms with Gasteiger partial charge in [0.25, 0.3) is 0 Å². The monoisotopic (exact) mass is 214 g/mol. The van der Waals surface area contributed by atoms with Crippen LogP contribution in [0.15, 0.2) is 42.5 Å². The lowest BCUT2D eigenvalue weighted by Gasteiger charge is -2.05. The minimum atomic E-state index is -0.0610. The predicted molar refractivity (Wildman–Crippen MR) is 60.6 cm³/mol. The van der Waals surface area contributed by atoms with Gasteiger partial charge in [-0.2, -0.15) is 0 Å². The number of benzene rings is 2. The lowest BCUT2D eigenvalue weighted by atomic mass is 10.0. The molecule has 0 amide bonds. The van der Waals surface area contributed by atoms with Gasteiger partial charge < -0.3 is 10.2 Å². The Kier molecular flexibility index (Phi) is 2.60. The van der Waals surface area contributed by atoms with Crippen molar-refractivity contribution in [3.63, 3.8) is 0 Å². The van der Waals surface area contributed by atoms with Crippen molar-refractivity contribution in [2.24, 2.45) is 0 Å². The van der Waals surface area contributed by atoms with Gasteiger partial charge in [0, 0.05) is 5.56 Å². The zero-order chi connectivity index (χ0) is 11.5. The van der Waals surface area contributed by atoms with Gasteiger partial charge in [0.15, 0.2) is 6.29 Å². The summed E-state index contributed by atoms with van der Waals surface area (Å²) in [6.45, 7) is 0.